The maximum Gasteiger partial charge on any atom is 0.366 e. The Morgan fingerprint density at radius 1 is 1.04 bits per heavy atom. The van der Waals surface area contributed by atoms with Crippen LogP contribution in [0.5, 0.6) is 5.75 Å². The van der Waals surface area contributed by atoms with Gasteiger partial charge in [0.05, 0.1) is 13.2 Å². The topological polar surface area (TPSA) is 73.9 Å². The number of ether oxygens (including phenoxy) is 3. The fraction of sp³-hybridized carbons (Fsp3) is 0.300. The quantitative estimate of drug-likeness (QED) is 0.326. The van der Waals surface area contributed by atoms with Gasteiger partial charge in [-0.3, -0.25) is 0 Å². The number of para-hydroxylation sites is 1. The number of rotatable bonds is 6. The molecule has 1 N–H and O–H groups in total. The minimum Gasteiger partial charge on any atom is -0.462 e. The average Bonchev–Trinajstić information content (AvgIpc) is 2.92. The van der Waals surface area contributed by atoms with Crippen molar-refractivity contribution < 1.29 is 23.8 Å². The van der Waals surface area contributed by atoms with Gasteiger partial charge in [-0.05, 0) is 44.2 Å². The summed E-state index contributed by atoms with van der Waals surface area (Å²) in [6.07, 6.45) is 0. The molecule has 0 saturated heterocycles. The summed E-state index contributed by atoms with van der Waals surface area (Å²) < 4.78 is 16.2. The monoisotopic (exact) mass is 423 g/mol. The molecule has 0 aliphatic carbocycles. The first-order valence-electron chi connectivity index (χ1n) is 8.74. The number of alkyl halides is 1. The van der Waals surface area contributed by atoms with Crippen LogP contribution in [0.3, 0.4) is 0 Å². The molecule has 148 valence electrons. The Labute approximate surface area is 172 Å². The second kappa shape index (κ2) is 7.89. The van der Waals surface area contributed by atoms with Crippen molar-refractivity contribution in [1.82, 2.24) is 0 Å². The first-order valence-corrected chi connectivity index (χ1v) is 9.50. The van der Waals surface area contributed by atoms with Crippen LogP contribution in [0.4, 0.5) is 5.69 Å². The number of benzene rings is 2. The highest BCUT2D eigenvalue weighted by molar-refractivity contribution is 6.33. The van der Waals surface area contributed by atoms with Gasteiger partial charge >= 0.3 is 17.5 Å². The highest BCUT2D eigenvalue weighted by atomic mass is 35.5. The lowest BCUT2D eigenvalue weighted by atomic mass is 9.89. The summed E-state index contributed by atoms with van der Waals surface area (Å²) in [6, 6.07) is 13.5. The van der Waals surface area contributed by atoms with E-state index in [9.17, 15) is 9.59 Å². The maximum absolute atomic E-state index is 13.0. The summed E-state index contributed by atoms with van der Waals surface area (Å²) in [4.78, 5) is 24.2. The summed E-state index contributed by atoms with van der Waals surface area (Å²) in [6.45, 7) is 3.30. The number of hydrogen-bond donors (Lipinski definition) is 1. The van der Waals surface area contributed by atoms with Crippen LogP contribution in [-0.2, 0) is 24.1 Å². The number of halogens is 2. The minimum atomic E-state index is -2.30. The van der Waals surface area contributed by atoms with Gasteiger partial charge in [-0.2, -0.15) is 0 Å². The summed E-state index contributed by atoms with van der Waals surface area (Å²) in [7, 11) is 0. The number of carbonyl (C=O) groups is 2. The van der Waals surface area contributed by atoms with E-state index < -0.39 is 22.5 Å². The normalized spacial score (nSPS) is 19.3. The molecular weight excluding hydrogens is 405 g/mol. The number of nitrogens with one attached hydrogen (secondary N) is 1. The first-order chi connectivity index (χ1) is 13.4. The zero-order valence-electron chi connectivity index (χ0n) is 15.3. The van der Waals surface area contributed by atoms with Gasteiger partial charge in [-0.25, -0.2) is 9.59 Å². The van der Waals surface area contributed by atoms with Crippen molar-refractivity contribution in [2.75, 3.05) is 18.5 Å². The third-order valence-electron chi connectivity index (χ3n) is 4.28. The molecular formula is C20H19Cl2NO5. The van der Waals surface area contributed by atoms with Crippen molar-refractivity contribution in [3.05, 3.63) is 59.1 Å². The molecule has 1 aliphatic heterocycles. The number of esters is 2. The van der Waals surface area contributed by atoms with Gasteiger partial charge in [0, 0.05) is 16.3 Å². The number of anilines is 1. The van der Waals surface area contributed by atoms with E-state index in [0.29, 0.717) is 16.3 Å². The summed E-state index contributed by atoms with van der Waals surface area (Å²) >= 11 is 13.1. The Balaban J connectivity index is 2.23. The fourth-order valence-electron chi connectivity index (χ4n) is 3.07. The number of fused-ring (bicyclic) bond motifs is 1. The van der Waals surface area contributed by atoms with Crippen LogP contribution in [0.2, 0.25) is 5.02 Å². The SMILES string of the molecule is CCOC(=O)C1(C(=O)OCC)Oc2ccc(Cl)cc2C1(Cl)Nc1ccccc1. The largest absolute Gasteiger partial charge is 0.462 e. The van der Waals surface area contributed by atoms with Crippen LogP contribution in [0.25, 0.3) is 0 Å². The molecule has 0 saturated carbocycles. The predicted molar refractivity (Wildman–Crippen MR) is 106 cm³/mol. The Kier molecular flexibility index (Phi) is 5.72. The fourth-order valence-corrected chi connectivity index (χ4v) is 3.70. The van der Waals surface area contributed by atoms with Crippen molar-refractivity contribution in [3.63, 3.8) is 0 Å². The molecule has 1 heterocycles. The van der Waals surface area contributed by atoms with E-state index >= 15 is 0 Å². The van der Waals surface area contributed by atoms with E-state index in [1.54, 1.807) is 56.3 Å². The molecule has 6 nitrogen and oxygen atoms in total. The molecule has 2 aromatic rings. The van der Waals surface area contributed by atoms with Crippen molar-refractivity contribution in [2.24, 2.45) is 0 Å². The molecule has 0 amide bonds. The van der Waals surface area contributed by atoms with Crippen molar-refractivity contribution in [2.45, 2.75) is 24.4 Å². The van der Waals surface area contributed by atoms with E-state index in [-0.39, 0.29) is 19.0 Å². The maximum atomic E-state index is 13.0. The number of carbonyl (C=O) groups excluding carboxylic acids is 2. The third kappa shape index (κ3) is 3.16. The van der Waals surface area contributed by atoms with Gasteiger partial charge in [0.15, 0.2) is 0 Å². The van der Waals surface area contributed by atoms with E-state index in [4.69, 9.17) is 37.4 Å². The van der Waals surface area contributed by atoms with Crippen LogP contribution in [0.15, 0.2) is 48.5 Å². The predicted octanol–water partition coefficient (Wildman–Crippen LogP) is 4.10. The van der Waals surface area contributed by atoms with E-state index in [1.807, 2.05) is 6.07 Å². The summed E-state index contributed by atoms with van der Waals surface area (Å²) in [5.74, 6) is -1.69. The molecule has 2 aromatic carbocycles. The van der Waals surface area contributed by atoms with Crippen LogP contribution in [-0.4, -0.2) is 30.8 Å². The Morgan fingerprint density at radius 2 is 1.64 bits per heavy atom. The Hall–Kier alpha value is -2.44. The zero-order chi connectivity index (χ0) is 20.4. The lowest BCUT2D eigenvalue weighted by Crippen LogP contribution is -2.64. The second-order valence-corrected chi connectivity index (χ2v) is 7.02. The molecule has 1 aliphatic rings. The van der Waals surface area contributed by atoms with Gasteiger partial charge in [0.1, 0.15) is 5.75 Å². The molecule has 0 bridgehead atoms. The molecule has 28 heavy (non-hydrogen) atoms. The van der Waals surface area contributed by atoms with Gasteiger partial charge in [0.2, 0.25) is 5.00 Å². The summed E-state index contributed by atoms with van der Waals surface area (Å²) in [5.41, 5.74) is -1.41. The third-order valence-corrected chi connectivity index (χ3v) is 5.08. The lowest BCUT2D eigenvalue weighted by Gasteiger charge is -2.36. The Bertz CT molecular complexity index is 871. The van der Waals surface area contributed by atoms with Crippen molar-refractivity contribution in [3.8, 4) is 5.75 Å². The van der Waals surface area contributed by atoms with E-state index in [2.05, 4.69) is 5.32 Å². The highest BCUT2D eigenvalue weighted by Crippen LogP contribution is 2.54. The summed E-state index contributed by atoms with van der Waals surface area (Å²) in [5, 5.41) is 3.42. The molecule has 0 radical (unpaired) electrons. The van der Waals surface area contributed by atoms with Crippen LogP contribution in [0.1, 0.15) is 19.4 Å². The van der Waals surface area contributed by atoms with Crippen LogP contribution >= 0.6 is 23.2 Å². The standard InChI is InChI=1S/C20H19Cl2NO5/c1-3-26-17(24)19(18(25)27-4-2)20(22,23-14-8-6-5-7-9-14)15-12-13(21)10-11-16(15)28-19/h5-12,23H,3-4H2,1-2H3. The van der Waals surface area contributed by atoms with Gasteiger partial charge in [-0.1, -0.05) is 41.4 Å². The molecule has 0 aromatic heterocycles. The molecule has 3 rings (SSSR count). The average molecular weight is 424 g/mol. The zero-order valence-corrected chi connectivity index (χ0v) is 16.8. The van der Waals surface area contributed by atoms with E-state index in [1.165, 1.54) is 0 Å². The second-order valence-electron chi connectivity index (χ2n) is 6.01. The molecule has 0 fully saturated rings. The number of hydrogen-bond acceptors (Lipinski definition) is 6. The lowest BCUT2D eigenvalue weighted by molar-refractivity contribution is -0.181. The highest BCUT2D eigenvalue weighted by Gasteiger charge is 2.72. The van der Waals surface area contributed by atoms with Gasteiger partial charge in [0.25, 0.3) is 0 Å². The first kappa shape index (κ1) is 20.3. The van der Waals surface area contributed by atoms with Crippen LogP contribution < -0.4 is 10.1 Å². The van der Waals surface area contributed by atoms with E-state index in [0.717, 1.165) is 0 Å². The minimum absolute atomic E-state index is 0.0265. The Morgan fingerprint density at radius 3 is 2.21 bits per heavy atom. The molecule has 1 atom stereocenters. The smallest absolute Gasteiger partial charge is 0.366 e. The van der Waals surface area contributed by atoms with Crippen molar-refractivity contribution in [1.29, 1.82) is 0 Å². The van der Waals surface area contributed by atoms with Crippen LogP contribution in [0, 0.1) is 0 Å². The van der Waals surface area contributed by atoms with Gasteiger partial charge < -0.3 is 19.5 Å². The molecule has 1 unspecified atom stereocenters. The van der Waals surface area contributed by atoms with Gasteiger partial charge in [-0.15, -0.1) is 0 Å². The molecule has 8 heteroatoms. The molecule has 0 spiro atoms. The van der Waals surface area contributed by atoms with Crippen molar-refractivity contribution >= 4 is 40.8 Å².